The Labute approximate surface area is 115 Å². The molecule has 6 nitrogen and oxygen atoms in total. The highest BCUT2D eigenvalue weighted by molar-refractivity contribution is 6.08. The van der Waals surface area contributed by atoms with Gasteiger partial charge in [0.2, 0.25) is 0 Å². The number of Topliss-reactive ketones (excluding diaryl/α,β-unsaturated/α-hetero) is 1. The SMILES string of the molecule is COc1ccccc1[C@H]1C(C(C)=O)=C(O)C(=O)N1CO. The van der Waals surface area contributed by atoms with E-state index in [9.17, 15) is 19.8 Å². The number of carbonyl (C=O) groups excluding carboxylic acids is 2. The minimum atomic E-state index is -0.846. The number of aliphatic hydroxyl groups is 2. The van der Waals surface area contributed by atoms with E-state index < -0.39 is 30.2 Å². The summed E-state index contributed by atoms with van der Waals surface area (Å²) in [7, 11) is 1.47. The van der Waals surface area contributed by atoms with Crippen molar-refractivity contribution in [3.8, 4) is 5.75 Å². The standard InChI is InChI=1S/C14H15NO5/c1-8(17)11-12(15(7-16)14(19)13(11)18)9-5-3-4-6-10(9)20-2/h3-6,12,16,18H,7H2,1-2H3/t12-/m0/s1. The number of para-hydroxylation sites is 1. The first-order valence-corrected chi connectivity index (χ1v) is 6.01. The summed E-state index contributed by atoms with van der Waals surface area (Å²) in [4.78, 5) is 24.6. The highest BCUT2D eigenvalue weighted by atomic mass is 16.5. The summed E-state index contributed by atoms with van der Waals surface area (Å²) >= 11 is 0. The molecule has 1 aliphatic heterocycles. The highest BCUT2D eigenvalue weighted by Gasteiger charge is 2.43. The molecule has 20 heavy (non-hydrogen) atoms. The van der Waals surface area contributed by atoms with Gasteiger partial charge in [-0.1, -0.05) is 18.2 Å². The number of carbonyl (C=O) groups is 2. The molecule has 1 aromatic carbocycles. The fourth-order valence-electron chi connectivity index (χ4n) is 2.37. The minimum Gasteiger partial charge on any atom is -0.503 e. The second-order valence-corrected chi connectivity index (χ2v) is 4.38. The maximum Gasteiger partial charge on any atom is 0.291 e. The minimum absolute atomic E-state index is 0.0337. The number of benzene rings is 1. The number of hydrogen-bond acceptors (Lipinski definition) is 5. The first kappa shape index (κ1) is 14.1. The zero-order chi connectivity index (χ0) is 14.9. The van der Waals surface area contributed by atoms with E-state index in [1.807, 2.05) is 0 Å². The van der Waals surface area contributed by atoms with Crippen LogP contribution in [0.25, 0.3) is 0 Å². The fourth-order valence-corrected chi connectivity index (χ4v) is 2.37. The number of ketones is 1. The van der Waals surface area contributed by atoms with Gasteiger partial charge in [0.15, 0.2) is 11.5 Å². The van der Waals surface area contributed by atoms with E-state index in [0.29, 0.717) is 11.3 Å². The third kappa shape index (κ3) is 2.04. The van der Waals surface area contributed by atoms with Crippen LogP contribution < -0.4 is 4.74 Å². The molecule has 0 radical (unpaired) electrons. The molecule has 1 aliphatic rings. The third-order valence-electron chi connectivity index (χ3n) is 3.27. The molecule has 6 heteroatoms. The number of rotatable bonds is 4. The van der Waals surface area contributed by atoms with Crippen molar-refractivity contribution in [2.24, 2.45) is 0 Å². The second-order valence-electron chi connectivity index (χ2n) is 4.38. The van der Waals surface area contributed by atoms with Crippen LogP contribution in [0.2, 0.25) is 0 Å². The lowest BCUT2D eigenvalue weighted by Crippen LogP contribution is -2.32. The molecule has 1 amide bonds. The van der Waals surface area contributed by atoms with Crippen molar-refractivity contribution in [2.45, 2.75) is 13.0 Å². The summed E-state index contributed by atoms with van der Waals surface area (Å²) in [5, 5.41) is 19.2. The van der Waals surface area contributed by atoms with E-state index in [-0.39, 0.29) is 5.57 Å². The zero-order valence-corrected chi connectivity index (χ0v) is 11.2. The summed E-state index contributed by atoms with van der Waals surface area (Å²) in [5.74, 6) is -1.35. The van der Waals surface area contributed by atoms with E-state index in [0.717, 1.165) is 4.90 Å². The average molecular weight is 277 g/mol. The molecular weight excluding hydrogens is 262 g/mol. The molecular formula is C14H15NO5. The molecule has 2 N–H and O–H groups in total. The predicted octanol–water partition coefficient (Wildman–Crippen LogP) is 0.929. The predicted molar refractivity (Wildman–Crippen MR) is 70.0 cm³/mol. The van der Waals surface area contributed by atoms with E-state index >= 15 is 0 Å². The number of hydrogen-bond donors (Lipinski definition) is 2. The molecule has 1 atom stereocenters. The number of aliphatic hydroxyl groups excluding tert-OH is 2. The van der Waals surface area contributed by atoms with Gasteiger partial charge in [0.05, 0.1) is 18.7 Å². The van der Waals surface area contributed by atoms with Crippen molar-refractivity contribution in [2.75, 3.05) is 13.8 Å². The highest BCUT2D eigenvalue weighted by Crippen LogP contribution is 2.40. The molecule has 2 rings (SSSR count). The first-order valence-electron chi connectivity index (χ1n) is 6.01. The smallest absolute Gasteiger partial charge is 0.291 e. The molecule has 0 spiro atoms. The molecule has 1 aromatic rings. The van der Waals surface area contributed by atoms with Crippen molar-refractivity contribution >= 4 is 11.7 Å². The van der Waals surface area contributed by atoms with Gasteiger partial charge in [0.1, 0.15) is 12.5 Å². The van der Waals surface area contributed by atoms with Gasteiger partial charge in [0.25, 0.3) is 5.91 Å². The Bertz CT molecular complexity index is 593. The Hall–Kier alpha value is -2.34. The molecule has 106 valence electrons. The van der Waals surface area contributed by atoms with Crippen LogP contribution in [-0.4, -0.2) is 40.6 Å². The Balaban J connectivity index is 2.62. The number of methoxy groups -OCH3 is 1. The molecule has 0 aliphatic carbocycles. The van der Waals surface area contributed by atoms with Gasteiger partial charge in [-0.15, -0.1) is 0 Å². The molecule has 0 saturated carbocycles. The van der Waals surface area contributed by atoms with Crippen LogP contribution >= 0.6 is 0 Å². The van der Waals surface area contributed by atoms with E-state index in [4.69, 9.17) is 4.74 Å². The van der Waals surface area contributed by atoms with E-state index in [1.54, 1.807) is 24.3 Å². The molecule has 0 unspecified atom stereocenters. The number of amides is 1. The van der Waals surface area contributed by atoms with E-state index in [1.165, 1.54) is 14.0 Å². The largest absolute Gasteiger partial charge is 0.503 e. The topological polar surface area (TPSA) is 87.1 Å². The van der Waals surface area contributed by atoms with Crippen molar-refractivity contribution < 1.29 is 24.5 Å². The molecule has 1 heterocycles. The lowest BCUT2D eigenvalue weighted by molar-refractivity contribution is -0.133. The van der Waals surface area contributed by atoms with Crippen LogP contribution in [0, 0.1) is 0 Å². The third-order valence-corrected chi connectivity index (χ3v) is 3.27. The summed E-state index contributed by atoms with van der Waals surface area (Å²) < 4.78 is 5.21. The fraction of sp³-hybridized carbons (Fsp3) is 0.286. The Morgan fingerprint density at radius 1 is 1.40 bits per heavy atom. The van der Waals surface area contributed by atoms with Crippen molar-refractivity contribution in [3.63, 3.8) is 0 Å². The lowest BCUT2D eigenvalue weighted by Gasteiger charge is -2.25. The number of nitrogens with zero attached hydrogens (tertiary/aromatic N) is 1. The summed E-state index contributed by atoms with van der Waals surface area (Å²) in [5.41, 5.74) is 0.500. The summed E-state index contributed by atoms with van der Waals surface area (Å²) in [6.07, 6.45) is 0. The Morgan fingerprint density at radius 2 is 2.05 bits per heavy atom. The van der Waals surface area contributed by atoms with Gasteiger partial charge >= 0.3 is 0 Å². The lowest BCUT2D eigenvalue weighted by atomic mass is 9.96. The first-order chi connectivity index (χ1) is 9.52. The van der Waals surface area contributed by atoms with Crippen molar-refractivity contribution in [3.05, 3.63) is 41.2 Å². The van der Waals surface area contributed by atoms with Crippen LogP contribution in [0.3, 0.4) is 0 Å². The van der Waals surface area contributed by atoms with Gasteiger partial charge < -0.3 is 19.8 Å². The molecule has 0 saturated heterocycles. The van der Waals surface area contributed by atoms with Gasteiger partial charge in [-0.2, -0.15) is 0 Å². The summed E-state index contributed by atoms with van der Waals surface area (Å²) in [6, 6.07) is 5.99. The zero-order valence-electron chi connectivity index (χ0n) is 11.2. The molecule has 0 fully saturated rings. The molecule has 0 bridgehead atoms. The van der Waals surface area contributed by atoms with Crippen LogP contribution in [0.15, 0.2) is 35.6 Å². The van der Waals surface area contributed by atoms with Gasteiger partial charge in [-0.05, 0) is 13.0 Å². The van der Waals surface area contributed by atoms with Gasteiger partial charge in [-0.3, -0.25) is 9.59 Å². The monoisotopic (exact) mass is 277 g/mol. The Morgan fingerprint density at radius 3 is 2.60 bits per heavy atom. The van der Waals surface area contributed by atoms with Crippen LogP contribution in [0.5, 0.6) is 5.75 Å². The van der Waals surface area contributed by atoms with Crippen molar-refractivity contribution in [1.29, 1.82) is 0 Å². The van der Waals surface area contributed by atoms with Crippen LogP contribution in [0.4, 0.5) is 0 Å². The van der Waals surface area contributed by atoms with Crippen molar-refractivity contribution in [1.82, 2.24) is 4.90 Å². The summed E-state index contributed by atoms with van der Waals surface area (Å²) in [6.45, 7) is 0.657. The van der Waals surface area contributed by atoms with Gasteiger partial charge in [-0.25, -0.2) is 0 Å². The maximum absolute atomic E-state index is 11.9. The quantitative estimate of drug-likeness (QED) is 0.855. The van der Waals surface area contributed by atoms with Crippen LogP contribution in [0.1, 0.15) is 18.5 Å². The van der Waals surface area contributed by atoms with E-state index in [2.05, 4.69) is 0 Å². The maximum atomic E-state index is 11.9. The average Bonchev–Trinajstić information content (AvgIpc) is 2.70. The molecule has 0 aromatic heterocycles. The van der Waals surface area contributed by atoms with Gasteiger partial charge in [0, 0.05) is 5.56 Å². The number of ether oxygens (including phenoxy) is 1. The Kier molecular flexibility index (Phi) is 3.76. The normalized spacial score (nSPS) is 18.6. The van der Waals surface area contributed by atoms with Crippen LogP contribution in [-0.2, 0) is 9.59 Å². The second kappa shape index (κ2) is 5.34.